The van der Waals surface area contributed by atoms with Crippen LogP contribution in [0.5, 0.6) is 0 Å². The Balaban J connectivity index is 2.43. The molecule has 1 aromatic carbocycles. The number of rotatable bonds is 7. The van der Waals surface area contributed by atoms with Gasteiger partial charge in [-0.1, -0.05) is 37.6 Å². The van der Waals surface area contributed by atoms with Crippen LogP contribution in [0, 0.1) is 0 Å². The van der Waals surface area contributed by atoms with Gasteiger partial charge in [-0.3, -0.25) is 0 Å². The fraction of sp³-hybridized carbons (Fsp3) is 0.400. The summed E-state index contributed by atoms with van der Waals surface area (Å²) in [6, 6.07) is 6.48. The Morgan fingerprint density at radius 1 is 1.26 bits per heavy atom. The second-order valence-corrected chi connectivity index (χ2v) is 7.23. The van der Waals surface area contributed by atoms with Crippen LogP contribution in [0.15, 0.2) is 36.7 Å². The number of nitrogens with one attached hydrogen (secondary N) is 1. The van der Waals surface area contributed by atoms with E-state index in [2.05, 4.69) is 9.71 Å². The highest BCUT2D eigenvalue weighted by Crippen LogP contribution is 2.23. The standard InChI is InChI=1S/C15H21ClN4O2S/c1-4-20(5-2)23(21,22)18-14(15-17-10-11-19(15)3)12-6-8-13(16)9-7-12/h6-11,14,18H,4-5H2,1-3H3. The molecule has 23 heavy (non-hydrogen) atoms. The number of nitrogens with zero attached hydrogens (tertiary/aromatic N) is 3. The molecule has 0 saturated heterocycles. The van der Waals surface area contributed by atoms with Gasteiger partial charge in [0.05, 0.1) is 0 Å². The van der Waals surface area contributed by atoms with Crippen LogP contribution in [0.3, 0.4) is 0 Å². The molecule has 0 amide bonds. The highest BCUT2D eigenvalue weighted by atomic mass is 35.5. The van der Waals surface area contributed by atoms with Gasteiger partial charge in [0.1, 0.15) is 11.9 Å². The lowest BCUT2D eigenvalue weighted by Gasteiger charge is -2.24. The monoisotopic (exact) mass is 356 g/mol. The van der Waals surface area contributed by atoms with Gasteiger partial charge in [-0.2, -0.15) is 17.4 Å². The molecule has 0 radical (unpaired) electrons. The largest absolute Gasteiger partial charge is 0.336 e. The van der Waals surface area contributed by atoms with Crippen molar-refractivity contribution in [2.24, 2.45) is 7.05 Å². The molecule has 8 heteroatoms. The lowest BCUT2D eigenvalue weighted by molar-refractivity contribution is 0.428. The first-order valence-electron chi connectivity index (χ1n) is 7.39. The molecule has 6 nitrogen and oxygen atoms in total. The minimum atomic E-state index is -3.63. The minimum absolute atomic E-state index is 0.403. The van der Waals surface area contributed by atoms with Crippen molar-refractivity contribution in [3.8, 4) is 0 Å². The van der Waals surface area contributed by atoms with Gasteiger partial charge in [0.15, 0.2) is 0 Å². The van der Waals surface area contributed by atoms with Crippen LogP contribution >= 0.6 is 11.6 Å². The topological polar surface area (TPSA) is 67.2 Å². The number of halogens is 1. The van der Waals surface area contributed by atoms with Gasteiger partial charge in [-0.15, -0.1) is 0 Å². The predicted molar refractivity (Wildman–Crippen MR) is 91.5 cm³/mol. The van der Waals surface area contributed by atoms with Gasteiger partial charge < -0.3 is 4.57 Å². The first-order valence-corrected chi connectivity index (χ1v) is 9.21. The van der Waals surface area contributed by atoms with E-state index < -0.39 is 16.3 Å². The molecule has 0 fully saturated rings. The van der Waals surface area contributed by atoms with E-state index in [0.717, 1.165) is 5.56 Å². The Bertz CT molecular complexity index is 739. The molecule has 0 spiro atoms. The van der Waals surface area contributed by atoms with Crippen molar-refractivity contribution in [3.05, 3.63) is 53.1 Å². The van der Waals surface area contributed by atoms with Crippen molar-refractivity contribution in [2.45, 2.75) is 19.9 Å². The molecule has 126 valence electrons. The van der Waals surface area contributed by atoms with E-state index in [4.69, 9.17) is 11.6 Å². The number of hydrogen-bond acceptors (Lipinski definition) is 3. The molecule has 1 heterocycles. The smallest absolute Gasteiger partial charge is 0.280 e. The third-order valence-electron chi connectivity index (χ3n) is 3.63. The quantitative estimate of drug-likeness (QED) is 0.828. The number of benzene rings is 1. The number of aromatic nitrogens is 2. The highest BCUT2D eigenvalue weighted by Gasteiger charge is 2.27. The summed E-state index contributed by atoms with van der Waals surface area (Å²) in [6.07, 6.45) is 3.42. The normalized spacial score (nSPS) is 13.4. The van der Waals surface area contributed by atoms with Crippen LogP contribution in [0.25, 0.3) is 0 Å². The second kappa shape index (κ2) is 7.44. The summed E-state index contributed by atoms with van der Waals surface area (Å²) in [6.45, 7) is 4.42. The van der Waals surface area contributed by atoms with Gasteiger partial charge >= 0.3 is 0 Å². The molecule has 1 aromatic heterocycles. The third-order valence-corrected chi connectivity index (χ3v) is 5.61. The summed E-state index contributed by atoms with van der Waals surface area (Å²) in [4.78, 5) is 4.29. The van der Waals surface area contributed by atoms with Crippen LogP contribution in [-0.2, 0) is 17.3 Å². The Labute approximate surface area is 142 Å². The first kappa shape index (κ1) is 17.9. The van der Waals surface area contributed by atoms with Crippen LogP contribution < -0.4 is 4.72 Å². The summed E-state index contributed by atoms with van der Waals surface area (Å²) in [5, 5.41) is 0.596. The van der Waals surface area contributed by atoms with Gasteiger partial charge in [0.2, 0.25) is 0 Å². The first-order chi connectivity index (χ1) is 10.9. The van der Waals surface area contributed by atoms with Crippen molar-refractivity contribution in [1.82, 2.24) is 18.6 Å². The van der Waals surface area contributed by atoms with E-state index in [1.165, 1.54) is 4.31 Å². The Morgan fingerprint density at radius 2 is 1.87 bits per heavy atom. The maximum atomic E-state index is 12.6. The Morgan fingerprint density at radius 3 is 2.35 bits per heavy atom. The van der Waals surface area contributed by atoms with E-state index in [9.17, 15) is 8.42 Å². The van der Waals surface area contributed by atoms with E-state index >= 15 is 0 Å². The maximum absolute atomic E-state index is 12.6. The minimum Gasteiger partial charge on any atom is -0.336 e. The fourth-order valence-corrected chi connectivity index (χ4v) is 3.86. The summed E-state index contributed by atoms with van der Waals surface area (Å²) in [7, 11) is -1.80. The molecule has 2 aromatic rings. The van der Waals surface area contributed by atoms with Crippen LogP contribution in [0.2, 0.25) is 5.02 Å². The molecule has 0 aliphatic rings. The third kappa shape index (κ3) is 4.11. The second-order valence-electron chi connectivity index (χ2n) is 5.09. The number of imidazole rings is 1. The van der Waals surface area contributed by atoms with Crippen molar-refractivity contribution in [2.75, 3.05) is 13.1 Å². The van der Waals surface area contributed by atoms with Crippen molar-refractivity contribution in [1.29, 1.82) is 0 Å². The summed E-state index contributed by atoms with van der Waals surface area (Å²) in [5.74, 6) is 0.614. The van der Waals surface area contributed by atoms with Gasteiger partial charge in [-0.25, -0.2) is 4.98 Å². The zero-order valence-corrected chi connectivity index (χ0v) is 15.0. The van der Waals surface area contributed by atoms with E-state index in [1.807, 2.05) is 7.05 Å². The zero-order valence-electron chi connectivity index (χ0n) is 13.4. The van der Waals surface area contributed by atoms with E-state index in [1.54, 1.807) is 55.1 Å². The molecule has 0 aliphatic carbocycles. The van der Waals surface area contributed by atoms with E-state index in [0.29, 0.717) is 23.9 Å². The van der Waals surface area contributed by atoms with Gasteiger partial charge in [0.25, 0.3) is 10.2 Å². The predicted octanol–water partition coefficient (Wildman–Crippen LogP) is 2.34. The van der Waals surface area contributed by atoms with Crippen LogP contribution in [0.1, 0.15) is 31.3 Å². The molecule has 0 saturated carbocycles. The Hall–Kier alpha value is -1.41. The average Bonchev–Trinajstić information content (AvgIpc) is 2.93. The summed E-state index contributed by atoms with van der Waals surface area (Å²) >= 11 is 5.93. The van der Waals surface area contributed by atoms with Crippen molar-refractivity contribution >= 4 is 21.8 Å². The lowest BCUT2D eigenvalue weighted by Crippen LogP contribution is -2.43. The molecule has 0 bridgehead atoms. The van der Waals surface area contributed by atoms with Crippen molar-refractivity contribution in [3.63, 3.8) is 0 Å². The van der Waals surface area contributed by atoms with E-state index in [-0.39, 0.29) is 0 Å². The molecular weight excluding hydrogens is 336 g/mol. The zero-order chi connectivity index (χ0) is 17.0. The number of hydrogen-bond donors (Lipinski definition) is 1. The van der Waals surface area contributed by atoms with Crippen LogP contribution in [0.4, 0.5) is 0 Å². The molecule has 1 N–H and O–H groups in total. The average molecular weight is 357 g/mol. The highest BCUT2D eigenvalue weighted by molar-refractivity contribution is 7.87. The van der Waals surface area contributed by atoms with Crippen LogP contribution in [-0.4, -0.2) is 35.4 Å². The lowest BCUT2D eigenvalue weighted by atomic mass is 10.1. The molecule has 2 rings (SSSR count). The molecular formula is C15H21ClN4O2S. The van der Waals surface area contributed by atoms with Gasteiger partial charge in [0, 0.05) is 37.6 Å². The molecule has 1 unspecified atom stereocenters. The summed E-state index contributed by atoms with van der Waals surface area (Å²) in [5.41, 5.74) is 0.777. The SMILES string of the molecule is CCN(CC)S(=O)(=O)NC(c1ccc(Cl)cc1)c1nccn1C. The summed E-state index contributed by atoms with van der Waals surface area (Å²) < 4.78 is 31.1. The molecule has 0 aliphatic heterocycles. The number of aryl methyl sites for hydroxylation is 1. The van der Waals surface area contributed by atoms with Gasteiger partial charge in [-0.05, 0) is 17.7 Å². The molecule has 1 atom stereocenters. The fourth-order valence-electron chi connectivity index (χ4n) is 2.37. The maximum Gasteiger partial charge on any atom is 0.280 e. The van der Waals surface area contributed by atoms with Crippen molar-refractivity contribution < 1.29 is 8.42 Å². The Kier molecular flexibility index (Phi) is 5.80.